The second-order valence-electron chi connectivity index (χ2n) is 5.59. The Morgan fingerprint density at radius 1 is 1.18 bits per heavy atom. The van der Waals surface area contributed by atoms with Gasteiger partial charge in [-0.05, 0) is 19.5 Å². The molecular formula is C17H22N4O. The first kappa shape index (κ1) is 14.8. The lowest BCUT2D eigenvalue weighted by Crippen LogP contribution is -2.35. The zero-order valence-electron chi connectivity index (χ0n) is 13.0. The van der Waals surface area contributed by atoms with Crippen LogP contribution < -0.4 is 0 Å². The predicted molar refractivity (Wildman–Crippen MR) is 86.7 cm³/mol. The van der Waals surface area contributed by atoms with E-state index < -0.39 is 0 Å². The molecule has 1 N–H and O–H groups in total. The number of aromatic nitrogens is 2. The van der Waals surface area contributed by atoms with Crippen LogP contribution in [-0.2, 0) is 0 Å². The van der Waals surface area contributed by atoms with Crippen LogP contribution in [0.5, 0.6) is 0 Å². The second kappa shape index (κ2) is 6.75. The summed E-state index contributed by atoms with van der Waals surface area (Å²) in [5.74, 6) is 0.793. The van der Waals surface area contributed by atoms with Gasteiger partial charge in [0.15, 0.2) is 0 Å². The first-order valence-corrected chi connectivity index (χ1v) is 7.90. The number of likely N-dealkylation sites (N-methyl/N-ethyl adjacent to an activating group) is 1. The number of H-pyrrole nitrogens is 1. The van der Waals surface area contributed by atoms with Gasteiger partial charge in [0, 0.05) is 25.2 Å². The van der Waals surface area contributed by atoms with Crippen LogP contribution in [0.2, 0.25) is 0 Å². The standard InChI is InChI=1S/C17H22N4O/c1-2-20-9-6-10-21(12-11-20)17(22)15-13-18-16(19-15)14-7-4-3-5-8-14/h3-5,7-8,13H,2,6,9-12H2,1H3,(H,18,19). The summed E-state index contributed by atoms with van der Waals surface area (Å²) in [5, 5.41) is 0. The van der Waals surface area contributed by atoms with Crippen molar-refractivity contribution in [2.75, 3.05) is 32.7 Å². The molecule has 0 unspecified atom stereocenters. The molecule has 1 fully saturated rings. The molecule has 1 amide bonds. The van der Waals surface area contributed by atoms with Gasteiger partial charge in [-0.2, -0.15) is 0 Å². The van der Waals surface area contributed by atoms with Crippen molar-refractivity contribution >= 4 is 5.91 Å². The number of rotatable bonds is 3. The van der Waals surface area contributed by atoms with E-state index in [1.165, 1.54) is 0 Å². The minimum atomic E-state index is 0.0487. The number of benzene rings is 1. The van der Waals surface area contributed by atoms with E-state index in [1.807, 2.05) is 35.2 Å². The van der Waals surface area contributed by atoms with Crippen molar-refractivity contribution < 1.29 is 4.79 Å². The van der Waals surface area contributed by atoms with Crippen LogP contribution in [0.25, 0.3) is 11.4 Å². The molecule has 22 heavy (non-hydrogen) atoms. The Bertz CT molecular complexity index is 623. The van der Waals surface area contributed by atoms with Gasteiger partial charge in [-0.15, -0.1) is 0 Å². The highest BCUT2D eigenvalue weighted by Crippen LogP contribution is 2.16. The first-order valence-electron chi connectivity index (χ1n) is 7.90. The highest BCUT2D eigenvalue weighted by Gasteiger charge is 2.21. The summed E-state index contributed by atoms with van der Waals surface area (Å²) in [6, 6.07) is 9.87. The van der Waals surface area contributed by atoms with Crippen LogP contribution in [0.15, 0.2) is 36.5 Å². The number of amides is 1. The fourth-order valence-electron chi connectivity index (χ4n) is 2.83. The van der Waals surface area contributed by atoms with Crippen molar-refractivity contribution in [1.82, 2.24) is 19.8 Å². The largest absolute Gasteiger partial charge is 0.336 e. The van der Waals surface area contributed by atoms with Gasteiger partial charge in [-0.25, -0.2) is 4.98 Å². The molecule has 0 saturated carbocycles. The number of carbonyl (C=O) groups excluding carboxylic acids is 1. The third-order valence-electron chi connectivity index (χ3n) is 4.18. The van der Waals surface area contributed by atoms with Crippen LogP contribution in [0.4, 0.5) is 0 Å². The van der Waals surface area contributed by atoms with E-state index in [9.17, 15) is 4.79 Å². The third kappa shape index (κ3) is 3.20. The van der Waals surface area contributed by atoms with Crippen molar-refractivity contribution in [2.24, 2.45) is 0 Å². The van der Waals surface area contributed by atoms with Gasteiger partial charge in [0.05, 0.1) is 6.20 Å². The maximum absolute atomic E-state index is 12.6. The molecule has 3 rings (SSSR count). The number of hydrogen-bond donors (Lipinski definition) is 1. The van der Waals surface area contributed by atoms with E-state index in [4.69, 9.17) is 0 Å². The van der Waals surface area contributed by atoms with E-state index >= 15 is 0 Å². The quantitative estimate of drug-likeness (QED) is 0.945. The summed E-state index contributed by atoms with van der Waals surface area (Å²) >= 11 is 0. The molecule has 5 heteroatoms. The third-order valence-corrected chi connectivity index (χ3v) is 4.18. The zero-order valence-corrected chi connectivity index (χ0v) is 13.0. The summed E-state index contributed by atoms with van der Waals surface area (Å²) in [6.45, 7) is 6.82. The maximum atomic E-state index is 12.6. The first-order chi connectivity index (χ1) is 10.8. The molecule has 0 aliphatic carbocycles. The number of carbonyl (C=O) groups is 1. The Hall–Kier alpha value is -2.14. The van der Waals surface area contributed by atoms with Crippen LogP contribution in [0.3, 0.4) is 0 Å². The average Bonchev–Trinajstić information content (AvgIpc) is 2.94. The monoisotopic (exact) mass is 298 g/mol. The Morgan fingerprint density at radius 2 is 2.00 bits per heavy atom. The van der Waals surface area contributed by atoms with Gasteiger partial charge in [0.25, 0.3) is 5.91 Å². The topological polar surface area (TPSA) is 52.2 Å². The average molecular weight is 298 g/mol. The lowest BCUT2D eigenvalue weighted by molar-refractivity contribution is 0.0756. The van der Waals surface area contributed by atoms with Crippen molar-refractivity contribution in [2.45, 2.75) is 13.3 Å². The Balaban J connectivity index is 1.72. The van der Waals surface area contributed by atoms with Gasteiger partial charge in [0.2, 0.25) is 0 Å². The fraction of sp³-hybridized carbons (Fsp3) is 0.412. The number of aromatic amines is 1. The molecular weight excluding hydrogens is 276 g/mol. The second-order valence-corrected chi connectivity index (χ2v) is 5.59. The molecule has 1 aromatic heterocycles. The molecule has 1 saturated heterocycles. The fourth-order valence-corrected chi connectivity index (χ4v) is 2.83. The van der Waals surface area contributed by atoms with Gasteiger partial charge in [-0.1, -0.05) is 37.3 Å². The number of nitrogens with one attached hydrogen (secondary N) is 1. The van der Waals surface area contributed by atoms with Crippen LogP contribution in [0, 0.1) is 0 Å². The molecule has 5 nitrogen and oxygen atoms in total. The molecule has 0 spiro atoms. The van der Waals surface area contributed by atoms with Gasteiger partial charge in [0.1, 0.15) is 11.5 Å². The van der Waals surface area contributed by atoms with Crippen molar-refractivity contribution in [3.05, 3.63) is 42.2 Å². The summed E-state index contributed by atoms with van der Waals surface area (Å²) in [4.78, 5) is 24.4. The van der Waals surface area contributed by atoms with Crippen LogP contribution in [-0.4, -0.2) is 58.4 Å². The Kier molecular flexibility index (Phi) is 4.53. The lowest BCUT2D eigenvalue weighted by atomic mass is 10.2. The number of hydrogen-bond acceptors (Lipinski definition) is 3. The normalized spacial score (nSPS) is 16.5. The van der Waals surface area contributed by atoms with Crippen LogP contribution in [0.1, 0.15) is 23.8 Å². The Morgan fingerprint density at radius 3 is 2.77 bits per heavy atom. The SMILES string of the molecule is CCN1CCCN(C(=O)c2cnc(-c3ccccc3)[nH]2)CC1. The van der Waals surface area contributed by atoms with Gasteiger partial charge in [-0.3, -0.25) is 4.79 Å². The van der Waals surface area contributed by atoms with Gasteiger partial charge >= 0.3 is 0 Å². The van der Waals surface area contributed by atoms with E-state index in [0.29, 0.717) is 5.69 Å². The summed E-state index contributed by atoms with van der Waals surface area (Å²) in [6.07, 6.45) is 2.67. The van der Waals surface area contributed by atoms with Crippen molar-refractivity contribution in [3.63, 3.8) is 0 Å². The van der Waals surface area contributed by atoms with E-state index in [0.717, 1.165) is 50.5 Å². The van der Waals surface area contributed by atoms with Gasteiger partial charge < -0.3 is 14.8 Å². The smallest absolute Gasteiger partial charge is 0.271 e. The molecule has 0 radical (unpaired) electrons. The molecule has 0 bridgehead atoms. The number of nitrogens with zero attached hydrogens (tertiary/aromatic N) is 3. The number of imidazole rings is 1. The van der Waals surface area contributed by atoms with Crippen molar-refractivity contribution in [3.8, 4) is 11.4 Å². The highest BCUT2D eigenvalue weighted by atomic mass is 16.2. The molecule has 1 aliphatic heterocycles. The predicted octanol–water partition coefficient (Wildman–Crippen LogP) is 2.24. The molecule has 1 aliphatic rings. The summed E-state index contributed by atoms with van der Waals surface area (Å²) in [7, 11) is 0. The summed E-state index contributed by atoms with van der Waals surface area (Å²) < 4.78 is 0. The minimum absolute atomic E-state index is 0.0487. The molecule has 1 aromatic carbocycles. The highest BCUT2D eigenvalue weighted by molar-refractivity contribution is 5.92. The maximum Gasteiger partial charge on any atom is 0.271 e. The molecule has 116 valence electrons. The zero-order chi connectivity index (χ0) is 15.4. The van der Waals surface area contributed by atoms with E-state index in [2.05, 4.69) is 21.8 Å². The Labute approximate surface area is 131 Å². The van der Waals surface area contributed by atoms with Crippen molar-refractivity contribution in [1.29, 1.82) is 0 Å². The summed E-state index contributed by atoms with van der Waals surface area (Å²) in [5.41, 5.74) is 1.57. The molecule has 2 aromatic rings. The van der Waals surface area contributed by atoms with E-state index in [1.54, 1.807) is 6.20 Å². The van der Waals surface area contributed by atoms with Crippen LogP contribution >= 0.6 is 0 Å². The lowest BCUT2D eigenvalue weighted by Gasteiger charge is -2.20. The van der Waals surface area contributed by atoms with E-state index in [-0.39, 0.29) is 5.91 Å². The molecule has 2 heterocycles. The minimum Gasteiger partial charge on any atom is -0.336 e. The molecule has 0 atom stereocenters.